The van der Waals surface area contributed by atoms with E-state index in [0.29, 0.717) is 45.9 Å². The number of ether oxygens (including phenoxy) is 2. The van der Waals surface area contributed by atoms with Crippen molar-refractivity contribution in [2.75, 3.05) is 10.6 Å². The molecule has 1 fully saturated rings. The predicted octanol–water partition coefficient (Wildman–Crippen LogP) is 6.53. The van der Waals surface area contributed by atoms with Crippen LogP contribution in [0.3, 0.4) is 0 Å². The molecule has 1 aliphatic rings. The molecule has 2 N–H and O–H groups in total. The lowest BCUT2D eigenvalue weighted by molar-refractivity contribution is -0.155. The van der Waals surface area contributed by atoms with E-state index >= 15 is 0 Å². The average molecular weight is 777 g/mol. The van der Waals surface area contributed by atoms with Gasteiger partial charge in [-0.25, -0.2) is 0 Å². The third-order valence-corrected chi connectivity index (χ3v) is 10.2. The minimum absolute atomic E-state index is 0.0648. The van der Waals surface area contributed by atoms with E-state index in [9.17, 15) is 19.2 Å². The van der Waals surface area contributed by atoms with Crippen molar-refractivity contribution in [3.8, 4) is 0 Å². The summed E-state index contributed by atoms with van der Waals surface area (Å²) in [6, 6.07) is 10.9. The van der Waals surface area contributed by atoms with Crippen LogP contribution in [0.5, 0.6) is 0 Å². The Bertz CT molecular complexity index is 1800. The predicted molar refractivity (Wildman–Crippen MR) is 205 cm³/mol. The summed E-state index contributed by atoms with van der Waals surface area (Å²) in [5.74, 6) is -0.758. The molecule has 16 heteroatoms. The number of hydrogen-bond acceptors (Lipinski definition) is 14. The standard InChI is InChI=1S/C38H48N8O6S2/c1-37(2,3)51-31(49)18-16-25-12-8-14-27(39-25)21-29(47)41-35-45-43-33(53-35)23-10-7-11-24(20-23)34-44-46-36(54-34)42-30(48)22-28-15-9-13-26(40-28)17-19-32(50)52-38(4,5)6/h8-9,12-15,23-24H,7,10-11,16-22H2,1-6H3,(H,41,45,47)(H,42,46,48)/t23-,24-/m0/s1. The van der Waals surface area contributed by atoms with E-state index in [0.717, 1.165) is 35.7 Å². The Labute approximate surface area is 323 Å². The van der Waals surface area contributed by atoms with Crippen molar-refractivity contribution in [3.05, 3.63) is 69.2 Å². The number of pyridine rings is 2. The number of nitrogens with one attached hydrogen (secondary N) is 2. The molecular formula is C38H48N8O6S2. The van der Waals surface area contributed by atoms with Crippen molar-refractivity contribution in [1.29, 1.82) is 0 Å². The van der Waals surface area contributed by atoms with Gasteiger partial charge in [0.15, 0.2) is 0 Å². The molecule has 0 radical (unpaired) electrons. The molecule has 288 valence electrons. The number of aryl methyl sites for hydroxylation is 2. The molecule has 0 saturated heterocycles. The molecule has 5 rings (SSSR count). The Morgan fingerprint density at radius 3 is 1.46 bits per heavy atom. The number of carbonyl (C=O) groups is 4. The Hall–Kier alpha value is -4.70. The van der Waals surface area contributed by atoms with Gasteiger partial charge < -0.3 is 20.1 Å². The summed E-state index contributed by atoms with van der Waals surface area (Å²) < 4.78 is 10.7. The highest BCUT2D eigenvalue weighted by molar-refractivity contribution is 7.15. The highest BCUT2D eigenvalue weighted by Crippen LogP contribution is 2.43. The summed E-state index contributed by atoms with van der Waals surface area (Å²) in [6.07, 6.45) is 5.08. The van der Waals surface area contributed by atoms with Crippen LogP contribution >= 0.6 is 22.7 Å². The van der Waals surface area contributed by atoms with Crippen LogP contribution in [0, 0.1) is 0 Å². The van der Waals surface area contributed by atoms with E-state index in [-0.39, 0.29) is 61.3 Å². The Morgan fingerprint density at radius 2 is 1.06 bits per heavy atom. The monoisotopic (exact) mass is 776 g/mol. The van der Waals surface area contributed by atoms with E-state index in [1.54, 1.807) is 12.1 Å². The number of nitrogens with zero attached hydrogens (tertiary/aromatic N) is 6. The molecule has 4 aromatic heterocycles. The molecule has 0 aliphatic heterocycles. The highest BCUT2D eigenvalue weighted by atomic mass is 32.1. The molecule has 1 saturated carbocycles. The van der Waals surface area contributed by atoms with Crippen molar-refractivity contribution in [3.63, 3.8) is 0 Å². The molecule has 0 unspecified atom stereocenters. The first-order valence-electron chi connectivity index (χ1n) is 18.2. The van der Waals surface area contributed by atoms with E-state index in [1.807, 2.05) is 65.8 Å². The minimum atomic E-state index is -0.541. The van der Waals surface area contributed by atoms with Gasteiger partial charge >= 0.3 is 11.9 Å². The molecule has 2 amide bonds. The Morgan fingerprint density at radius 1 is 0.648 bits per heavy atom. The van der Waals surface area contributed by atoms with Gasteiger partial charge in [-0.15, -0.1) is 20.4 Å². The van der Waals surface area contributed by atoms with Crippen LogP contribution in [0.4, 0.5) is 10.3 Å². The topological polar surface area (TPSA) is 188 Å². The third kappa shape index (κ3) is 13.3. The van der Waals surface area contributed by atoms with Gasteiger partial charge in [0.1, 0.15) is 21.2 Å². The maximum atomic E-state index is 12.9. The second kappa shape index (κ2) is 18.1. The Kier molecular flexibility index (Phi) is 13.6. The van der Waals surface area contributed by atoms with Crippen molar-refractivity contribution < 1.29 is 28.7 Å². The molecule has 0 aromatic carbocycles. The normalized spacial score (nSPS) is 16.0. The van der Waals surface area contributed by atoms with Crippen molar-refractivity contribution in [2.45, 2.75) is 129 Å². The van der Waals surface area contributed by atoms with Gasteiger partial charge in [0, 0.05) is 47.5 Å². The number of esters is 2. The van der Waals surface area contributed by atoms with Crippen LogP contribution in [-0.4, -0.2) is 65.3 Å². The Balaban J connectivity index is 1.08. The van der Waals surface area contributed by atoms with Crippen LogP contribution in [-0.2, 0) is 54.3 Å². The van der Waals surface area contributed by atoms with Gasteiger partial charge in [-0.3, -0.25) is 29.1 Å². The van der Waals surface area contributed by atoms with Gasteiger partial charge in [0.25, 0.3) is 0 Å². The lowest BCUT2D eigenvalue weighted by Gasteiger charge is -2.25. The fourth-order valence-electron chi connectivity index (χ4n) is 5.97. The maximum Gasteiger partial charge on any atom is 0.306 e. The van der Waals surface area contributed by atoms with Gasteiger partial charge in [-0.2, -0.15) is 0 Å². The highest BCUT2D eigenvalue weighted by Gasteiger charge is 2.30. The van der Waals surface area contributed by atoms with E-state index in [4.69, 9.17) is 9.47 Å². The first-order valence-corrected chi connectivity index (χ1v) is 19.8. The zero-order chi connectivity index (χ0) is 38.9. The summed E-state index contributed by atoms with van der Waals surface area (Å²) in [6.45, 7) is 11.0. The van der Waals surface area contributed by atoms with Crippen molar-refractivity contribution in [1.82, 2.24) is 30.4 Å². The summed E-state index contributed by atoms with van der Waals surface area (Å²) in [5, 5.41) is 25.6. The molecule has 0 bridgehead atoms. The fraction of sp³-hybridized carbons (Fsp3) is 0.526. The summed E-state index contributed by atoms with van der Waals surface area (Å²) >= 11 is 2.74. The number of anilines is 2. The number of rotatable bonds is 14. The van der Waals surface area contributed by atoms with Gasteiger partial charge in [0.2, 0.25) is 22.1 Å². The summed E-state index contributed by atoms with van der Waals surface area (Å²) in [5.41, 5.74) is 1.54. The van der Waals surface area contributed by atoms with Crippen LogP contribution in [0.1, 0.15) is 125 Å². The lowest BCUT2D eigenvalue weighted by Crippen LogP contribution is -2.24. The maximum absolute atomic E-state index is 12.9. The number of carbonyl (C=O) groups excluding carboxylic acids is 4. The minimum Gasteiger partial charge on any atom is -0.460 e. The van der Waals surface area contributed by atoms with Crippen molar-refractivity contribution >= 4 is 56.7 Å². The third-order valence-electron chi connectivity index (χ3n) is 8.17. The zero-order valence-electron chi connectivity index (χ0n) is 31.6. The number of aromatic nitrogens is 6. The van der Waals surface area contributed by atoms with E-state index in [1.165, 1.54) is 22.7 Å². The molecule has 54 heavy (non-hydrogen) atoms. The van der Waals surface area contributed by atoms with Crippen LogP contribution in [0.2, 0.25) is 0 Å². The van der Waals surface area contributed by atoms with Crippen LogP contribution < -0.4 is 10.6 Å². The van der Waals surface area contributed by atoms with Crippen molar-refractivity contribution in [2.24, 2.45) is 0 Å². The first kappa shape index (κ1) is 40.5. The van der Waals surface area contributed by atoms with E-state index in [2.05, 4.69) is 41.0 Å². The van der Waals surface area contributed by atoms with Gasteiger partial charge in [-0.05, 0) is 85.1 Å². The van der Waals surface area contributed by atoms with Gasteiger partial charge in [-0.1, -0.05) is 41.2 Å². The van der Waals surface area contributed by atoms with Crippen LogP contribution in [0.15, 0.2) is 36.4 Å². The zero-order valence-corrected chi connectivity index (χ0v) is 33.3. The second-order valence-corrected chi connectivity index (χ2v) is 17.3. The fourth-order valence-corrected chi connectivity index (χ4v) is 7.79. The summed E-state index contributed by atoms with van der Waals surface area (Å²) in [4.78, 5) is 59.0. The van der Waals surface area contributed by atoms with Crippen LogP contribution in [0.25, 0.3) is 0 Å². The molecule has 4 heterocycles. The van der Waals surface area contributed by atoms with E-state index < -0.39 is 11.2 Å². The second-order valence-electron chi connectivity index (χ2n) is 15.3. The SMILES string of the molecule is CC(C)(C)OC(=O)CCc1cccc(CC(=O)Nc2nnc([C@H]3CCC[C@H](c4nnc(NC(=O)Cc5cccc(CCC(=O)OC(C)(C)C)n5)s4)C3)s2)n1. The quantitative estimate of drug-likeness (QED) is 0.132. The molecule has 2 atom stereocenters. The molecule has 4 aromatic rings. The number of amides is 2. The van der Waals surface area contributed by atoms with Gasteiger partial charge in [0.05, 0.1) is 25.7 Å². The first-order chi connectivity index (χ1) is 25.6. The largest absolute Gasteiger partial charge is 0.460 e. The lowest BCUT2D eigenvalue weighted by atomic mass is 9.82. The number of hydrogen-bond donors (Lipinski definition) is 2. The smallest absolute Gasteiger partial charge is 0.306 e. The molecule has 14 nitrogen and oxygen atoms in total. The average Bonchev–Trinajstić information content (AvgIpc) is 3.75. The summed E-state index contributed by atoms with van der Waals surface area (Å²) in [7, 11) is 0. The molecule has 0 spiro atoms. The molecular weight excluding hydrogens is 729 g/mol. The molecule has 1 aliphatic carbocycles.